The number of rotatable bonds is 2. The lowest BCUT2D eigenvalue weighted by Gasteiger charge is -2.22. The van der Waals surface area contributed by atoms with Gasteiger partial charge in [-0.3, -0.25) is 5.32 Å². The van der Waals surface area contributed by atoms with Crippen molar-refractivity contribution in [2.24, 2.45) is 0 Å². The normalized spacial score (nSPS) is 16.5. The number of aryl methyl sites for hydroxylation is 1. The third-order valence-corrected chi connectivity index (χ3v) is 2.82. The Kier molecular flexibility index (Phi) is 3.98. The van der Waals surface area contributed by atoms with Gasteiger partial charge >= 0.3 is 6.09 Å². The van der Waals surface area contributed by atoms with Crippen molar-refractivity contribution in [3.63, 3.8) is 0 Å². The van der Waals surface area contributed by atoms with Gasteiger partial charge in [-0.25, -0.2) is 4.79 Å². The Hall–Kier alpha value is -1.55. The van der Waals surface area contributed by atoms with E-state index in [4.69, 9.17) is 4.74 Å². The van der Waals surface area contributed by atoms with Crippen LogP contribution in [-0.2, 0) is 4.74 Å². The molecule has 2 N–H and O–H groups in total. The van der Waals surface area contributed by atoms with Gasteiger partial charge in [-0.2, -0.15) is 0 Å². The number of ether oxygens (including phenoxy) is 1. The number of benzene rings is 1. The van der Waals surface area contributed by atoms with Gasteiger partial charge < -0.3 is 10.1 Å². The second kappa shape index (κ2) is 5.68. The fraction of sp³-hybridized carbons (Fsp3) is 0.462. The number of carbonyl (C=O) groups is 1. The Bertz CT molecular complexity index is 387. The van der Waals surface area contributed by atoms with E-state index in [0.717, 1.165) is 37.2 Å². The molecule has 1 amide bonds. The quantitative estimate of drug-likeness (QED) is 0.825. The van der Waals surface area contributed by atoms with Crippen molar-refractivity contribution in [2.45, 2.75) is 25.9 Å². The number of piperidine rings is 1. The van der Waals surface area contributed by atoms with E-state index in [1.807, 2.05) is 31.2 Å². The number of hydrogen-bond acceptors (Lipinski definition) is 3. The van der Waals surface area contributed by atoms with Crippen molar-refractivity contribution in [3.8, 4) is 0 Å². The van der Waals surface area contributed by atoms with Gasteiger partial charge in [-0.05, 0) is 50.6 Å². The monoisotopic (exact) mass is 234 g/mol. The van der Waals surface area contributed by atoms with E-state index in [9.17, 15) is 4.79 Å². The van der Waals surface area contributed by atoms with E-state index < -0.39 is 0 Å². The zero-order valence-corrected chi connectivity index (χ0v) is 10.0. The summed E-state index contributed by atoms with van der Waals surface area (Å²) in [7, 11) is 0. The Morgan fingerprint density at radius 3 is 2.88 bits per heavy atom. The molecule has 92 valence electrons. The molecule has 0 unspecified atom stereocenters. The van der Waals surface area contributed by atoms with Crippen molar-refractivity contribution in [1.29, 1.82) is 0 Å². The van der Waals surface area contributed by atoms with Gasteiger partial charge in [0.15, 0.2) is 0 Å². The summed E-state index contributed by atoms with van der Waals surface area (Å²) in [6.07, 6.45) is 1.46. The van der Waals surface area contributed by atoms with E-state index in [1.165, 1.54) is 0 Å². The third kappa shape index (κ3) is 3.75. The van der Waals surface area contributed by atoms with Crippen LogP contribution in [0.4, 0.5) is 10.5 Å². The van der Waals surface area contributed by atoms with E-state index >= 15 is 0 Å². The molecular weight excluding hydrogens is 216 g/mol. The average molecular weight is 234 g/mol. The zero-order valence-electron chi connectivity index (χ0n) is 10.0. The van der Waals surface area contributed by atoms with Gasteiger partial charge in [-0.15, -0.1) is 0 Å². The second-order valence-electron chi connectivity index (χ2n) is 4.35. The molecule has 1 aliphatic rings. The molecule has 1 saturated heterocycles. The van der Waals surface area contributed by atoms with Crippen molar-refractivity contribution >= 4 is 11.8 Å². The van der Waals surface area contributed by atoms with Crippen LogP contribution in [0.2, 0.25) is 0 Å². The molecule has 0 radical (unpaired) electrons. The van der Waals surface area contributed by atoms with Gasteiger partial charge in [-0.1, -0.05) is 12.1 Å². The summed E-state index contributed by atoms with van der Waals surface area (Å²) in [5, 5.41) is 5.98. The largest absolute Gasteiger partial charge is 0.446 e. The van der Waals surface area contributed by atoms with Crippen molar-refractivity contribution in [1.82, 2.24) is 5.32 Å². The molecule has 4 heteroatoms. The highest BCUT2D eigenvalue weighted by Crippen LogP contribution is 2.12. The Balaban J connectivity index is 1.84. The van der Waals surface area contributed by atoms with Crippen molar-refractivity contribution < 1.29 is 9.53 Å². The van der Waals surface area contributed by atoms with Crippen LogP contribution in [-0.4, -0.2) is 25.3 Å². The standard InChI is InChI=1S/C13H18N2O2/c1-10-3-2-4-11(9-10)15-13(16)17-12-5-7-14-8-6-12/h2-4,9,12,14H,5-8H2,1H3,(H,15,16). The van der Waals surface area contributed by atoms with Crippen LogP contribution in [0.3, 0.4) is 0 Å². The average Bonchev–Trinajstić information content (AvgIpc) is 2.30. The predicted molar refractivity (Wildman–Crippen MR) is 67.2 cm³/mol. The first-order valence-electron chi connectivity index (χ1n) is 5.99. The van der Waals surface area contributed by atoms with Crippen LogP contribution < -0.4 is 10.6 Å². The number of nitrogens with one attached hydrogen (secondary N) is 2. The molecule has 2 rings (SSSR count). The van der Waals surface area contributed by atoms with E-state index in [0.29, 0.717) is 0 Å². The summed E-state index contributed by atoms with van der Waals surface area (Å²) in [6, 6.07) is 7.68. The minimum atomic E-state index is -0.359. The molecule has 0 aromatic heterocycles. The van der Waals surface area contributed by atoms with Gasteiger partial charge in [0.25, 0.3) is 0 Å². The molecule has 1 fully saturated rings. The Labute approximate surface area is 101 Å². The van der Waals surface area contributed by atoms with Crippen LogP contribution >= 0.6 is 0 Å². The lowest BCUT2D eigenvalue weighted by Crippen LogP contribution is -2.34. The van der Waals surface area contributed by atoms with E-state index in [1.54, 1.807) is 0 Å². The summed E-state index contributed by atoms with van der Waals surface area (Å²) in [6.45, 7) is 3.83. The first-order valence-corrected chi connectivity index (χ1v) is 5.99. The topological polar surface area (TPSA) is 50.4 Å². The molecule has 4 nitrogen and oxygen atoms in total. The fourth-order valence-corrected chi connectivity index (χ4v) is 1.93. The van der Waals surface area contributed by atoms with Crippen LogP contribution in [0.15, 0.2) is 24.3 Å². The first kappa shape index (κ1) is 11.9. The van der Waals surface area contributed by atoms with E-state index in [2.05, 4.69) is 10.6 Å². The maximum absolute atomic E-state index is 11.6. The Morgan fingerprint density at radius 1 is 1.41 bits per heavy atom. The molecule has 0 atom stereocenters. The SMILES string of the molecule is Cc1cccc(NC(=O)OC2CCNCC2)c1. The fourth-order valence-electron chi connectivity index (χ4n) is 1.93. The third-order valence-electron chi connectivity index (χ3n) is 2.82. The van der Waals surface area contributed by atoms with Gasteiger partial charge in [0.1, 0.15) is 6.10 Å². The van der Waals surface area contributed by atoms with Crippen LogP contribution in [0.5, 0.6) is 0 Å². The second-order valence-corrected chi connectivity index (χ2v) is 4.35. The van der Waals surface area contributed by atoms with Crippen molar-refractivity contribution in [3.05, 3.63) is 29.8 Å². The summed E-state index contributed by atoms with van der Waals surface area (Å²) in [5.74, 6) is 0. The molecule has 1 heterocycles. The van der Waals surface area contributed by atoms with Crippen LogP contribution in [0.25, 0.3) is 0 Å². The molecule has 0 bridgehead atoms. The molecule has 1 aromatic carbocycles. The molecule has 0 saturated carbocycles. The molecule has 1 aromatic rings. The number of anilines is 1. The summed E-state index contributed by atoms with van der Waals surface area (Å²) >= 11 is 0. The molecular formula is C13H18N2O2. The Morgan fingerprint density at radius 2 is 2.18 bits per heavy atom. The van der Waals surface area contributed by atoms with Gasteiger partial charge in [0.05, 0.1) is 0 Å². The zero-order chi connectivity index (χ0) is 12.1. The van der Waals surface area contributed by atoms with Gasteiger partial charge in [0.2, 0.25) is 0 Å². The predicted octanol–water partition coefficient (Wildman–Crippen LogP) is 2.30. The molecule has 1 aliphatic heterocycles. The highest BCUT2D eigenvalue weighted by atomic mass is 16.6. The van der Waals surface area contributed by atoms with Crippen LogP contribution in [0, 0.1) is 6.92 Å². The summed E-state index contributed by atoms with van der Waals surface area (Å²) in [5.41, 5.74) is 1.90. The highest BCUT2D eigenvalue weighted by molar-refractivity contribution is 5.84. The maximum atomic E-state index is 11.6. The van der Waals surface area contributed by atoms with Crippen molar-refractivity contribution in [2.75, 3.05) is 18.4 Å². The number of amides is 1. The summed E-state index contributed by atoms with van der Waals surface area (Å²) < 4.78 is 5.35. The highest BCUT2D eigenvalue weighted by Gasteiger charge is 2.17. The number of hydrogen-bond donors (Lipinski definition) is 2. The van der Waals surface area contributed by atoms with Crippen LogP contribution in [0.1, 0.15) is 18.4 Å². The molecule has 17 heavy (non-hydrogen) atoms. The minimum absolute atomic E-state index is 0.0426. The summed E-state index contributed by atoms with van der Waals surface area (Å²) in [4.78, 5) is 11.6. The minimum Gasteiger partial charge on any atom is -0.446 e. The lowest BCUT2D eigenvalue weighted by atomic mass is 10.1. The lowest BCUT2D eigenvalue weighted by molar-refractivity contribution is 0.0909. The first-order chi connectivity index (χ1) is 8.24. The molecule has 0 spiro atoms. The van der Waals surface area contributed by atoms with E-state index in [-0.39, 0.29) is 12.2 Å². The molecule has 0 aliphatic carbocycles. The number of carbonyl (C=O) groups excluding carboxylic acids is 1. The van der Waals surface area contributed by atoms with Gasteiger partial charge in [0, 0.05) is 5.69 Å². The maximum Gasteiger partial charge on any atom is 0.411 e. The smallest absolute Gasteiger partial charge is 0.411 e.